The van der Waals surface area contributed by atoms with Crippen LogP contribution in [0.1, 0.15) is 52.9 Å². The van der Waals surface area contributed by atoms with Crippen molar-refractivity contribution in [2.24, 2.45) is 0 Å². The Kier molecular flexibility index (Phi) is 7.56. The van der Waals surface area contributed by atoms with E-state index in [1.165, 1.54) is 25.7 Å². The summed E-state index contributed by atoms with van der Waals surface area (Å²) >= 11 is 0. The van der Waals surface area contributed by atoms with Crippen LogP contribution in [-0.2, 0) is 13.1 Å². The Morgan fingerprint density at radius 3 is 2.42 bits per heavy atom. The maximum atomic E-state index is 11.9. The molecular formula is C15H29N3O. The molecule has 0 saturated carbocycles. The van der Waals surface area contributed by atoms with Gasteiger partial charge in [0.1, 0.15) is 0 Å². The molecule has 1 N–H and O–H groups in total. The largest absolute Gasteiger partial charge is 0.328 e. The van der Waals surface area contributed by atoms with Crippen molar-refractivity contribution >= 4 is 0 Å². The minimum atomic E-state index is 0.113. The molecule has 0 bridgehead atoms. The molecule has 1 aromatic rings. The lowest BCUT2D eigenvalue weighted by molar-refractivity contribution is 0.465. The van der Waals surface area contributed by atoms with Crippen LogP contribution in [0.3, 0.4) is 0 Å². The molecule has 0 aliphatic rings. The standard InChI is InChI=1S/C15H29N3O/c1-4-6-7-8-14(3)16-9-11-18-13-12-17(10-5-2)15(18)19/h12-14,16H,4-11H2,1-3H3. The first-order chi connectivity index (χ1) is 9.19. The van der Waals surface area contributed by atoms with Crippen LogP contribution in [0.5, 0.6) is 0 Å². The predicted molar refractivity (Wildman–Crippen MR) is 80.6 cm³/mol. The first-order valence-electron chi connectivity index (χ1n) is 7.68. The van der Waals surface area contributed by atoms with Gasteiger partial charge in [-0.15, -0.1) is 0 Å². The van der Waals surface area contributed by atoms with Crippen LogP contribution >= 0.6 is 0 Å². The molecule has 1 unspecified atom stereocenters. The summed E-state index contributed by atoms with van der Waals surface area (Å²) in [4.78, 5) is 11.9. The Bertz CT molecular complexity index is 394. The van der Waals surface area contributed by atoms with E-state index in [9.17, 15) is 4.79 Å². The van der Waals surface area contributed by atoms with Crippen molar-refractivity contribution in [2.75, 3.05) is 6.54 Å². The molecule has 4 heteroatoms. The molecule has 0 aromatic carbocycles. The molecule has 0 spiro atoms. The number of unbranched alkanes of at least 4 members (excludes halogenated alkanes) is 2. The molecule has 0 radical (unpaired) electrons. The van der Waals surface area contributed by atoms with Gasteiger partial charge in [0.15, 0.2) is 0 Å². The van der Waals surface area contributed by atoms with Gasteiger partial charge < -0.3 is 5.32 Å². The van der Waals surface area contributed by atoms with E-state index in [4.69, 9.17) is 0 Å². The number of aryl methyl sites for hydroxylation is 1. The molecule has 0 aliphatic heterocycles. The van der Waals surface area contributed by atoms with E-state index in [0.717, 1.165) is 26.1 Å². The number of hydrogen-bond donors (Lipinski definition) is 1. The molecule has 0 fully saturated rings. The first-order valence-corrected chi connectivity index (χ1v) is 7.68. The highest BCUT2D eigenvalue weighted by molar-refractivity contribution is 4.81. The maximum absolute atomic E-state index is 11.9. The summed E-state index contributed by atoms with van der Waals surface area (Å²) in [5.41, 5.74) is 0.113. The second kappa shape index (κ2) is 8.97. The maximum Gasteiger partial charge on any atom is 0.328 e. The highest BCUT2D eigenvalue weighted by atomic mass is 16.1. The fourth-order valence-corrected chi connectivity index (χ4v) is 2.27. The molecule has 1 heterocycles. The minimum absolute atomic E-state index is 0.113. The lowest BCUT2D eigenvalue weighted by Crippen LogP contribution is -2.32. The van der Waals surface area contributed by atoms with Crippen molar-refractivity contribution in [3.05, 3.63) is 22.9 Å². The minimum Gasteiger partial charge on any atom is -0.312 e. The van der Waals surface area contributed by atoms with Crippen molar-refractivity contribution < 1.29 is 0 Å². The van der Waals surface area contributed by atoms with E-state index in [1.807, 2.05) is 12.4 Å². The molecule has 0 aliphatic carbocycles. The molecule has 4 nitrogen and oxygen atoms in total. The predicted octanol–water partition coefficient (Wildman–Crippen LogP) is 2.62. The Balaban J connectivity index is 2.27. The summed E-state index contributed by atoms with van der Waals surface area (Å²) < 4.78 is 3.58. The highest BCUT2D eigenvalue weighted by Crippen LogP contribution is 2.02. The van der Waals surface area contributed by atoms with Crippen LogP contribution < -0.4 is 11.0 Å². The first kappa shape index (κ1) is 16.0. The zero-order valence-electron chi connectivity index (χ0n) is 12.7. The van der Waals surface area contributed by atoms with Gasteiger partial charge in [0.25, 0.3) is 0 Å². The third kappa shape index (κ3) is 5.64. The van der Waals surface area contributed by atoms with Crippen molar-refractivity contribution in [3.8, 4) is 0 Å². The van der Waals surface area contributed by atoms with E-state index < -0.39 is 0 Å². The molecular weight excluding hydrogens is 238 g/mol. The number of nitrogens with zero attached hydrogens (tertiary/aromatic N) is 2. The molecule has 0 amide bonds. The molecule has 1 rings (SSSR count). The quantitative estimate of drug-likeness (QED) is 0.662. The van der Waals surface area contributed by atoms with Gasteiger partial charge in [-0.3, -0.25) is 9.13 Å². The Morgan fingerprint density at radius 1 is 1.11 bits per heavy atom. The average molecular weight is 267 g/mol. The number of aromatic nitrogens is 2. The third-order valence-corrected chi connectivity index (χ3v) is 3.47. The third-order valence-electron chi connectivity index (χ3n) is 3.47. The zero-order chi connectivity index (χ0) is 14.1. The van der Waals surface area contributed by atoms with Gasteiger partial charge in [-0.2, -0.15) is 0 Å². The van der Waals surface area contributed by atoms with E-state index in [-0.39, 0.29) is 5.69 Å². The van der Waals surface area contributed by atoms with Gasteiger partial charge in [-0.05, 0) is 19.8 Å². The van der Waals surface area contributed by atoms with Crippen LogP contribution in [0.4, 0.5) is 0 Å². The van der Waals surface area contributed by atoms with E-state index in [0.29, 0.717) is 6.04 Å². The number of nitrogens with one attached hydrogen (secondary N) is 1. The van der Waals surface area contributed by atoms with Crippen molar-refractivity contribution in [1.29, 1.82) is 0 Å². The van der Waals surface area contributed by atoms with Gasteiger partial charge in [0.2, 0.25) is 0 Å². The van der Waals surface area contributed by atoms with E-state index in [2.05, 4.69) is 26.1 Å². The Hall–Kier alpha value is -1.03. The highest BCUT2D eigenvalue weighted by Gasteiger charge is 2.04. The zero-order valence-corrected chi connectivity index (χ0v) is 12.7. The Labute approximate surface area is 116 Å². The summed E-state index contributed by atoms with van der Waals surface area (Å²) in [6.07, 6.45) is 9.87. The van der Waals surface area contributed by atoms with Crippen LogP contribution in [0.25, 0.3) is 0 Å². The van der Waals surface area contributed by atoms with Crippen molar-refractivity contribution in [3.63, 3.8) is 0 Å². The van der Waals surface area contributed by atoms with Crippen LogP contribution in [0.15, 0.2) is 17.2 Å². The fourth-order valence-electron chi connectivity index (χ4n) is 2.27. The normalized spacial score (nSPS) is 12.8. The second-order valence-corrected chi connectivity index (χ2v) is 5.32. The number of hydrogen-bond acceptors (Lipinski definition) is 2. The van der Waals surface area contributed by atoms with Gasteiger partial charge in [-0.25, -0.2) is 4.79 Å². The van der Waals surface area contributed by atoms with Crippen molar-refractivity contribution in [2.45, 2.75) is 72.0 Å². The molecule has 19 heavy (non-hydrogen) atoms. The smallest absolute Gasteiger partial charge is 0.312 e. The lowest BCUT2D eigenvalue weighted by Gasteiger charge is -2.13. The molecule has 1 aromatic heterocycles. The fraction of sp³-hybridized carbons (Fsp3) is 0.800. The second-order valence-electron chi connectivity index (χ2n) is 5.32. The lowest BCUT2D eigenvalue weighted by atomic mass is 10.1. The van der Waals surface area contributed by atoms with Crippen LogP contribution in [-0.4, -0.2) is 21.7 Å². The number of imidazole rings is 1. The van der Waals surface area contributed by atoms with Crippen LogP contribution in [0.2, 0.25) is 0 Å². The summed E-state index contributed by atoms with van der Waals surface area (Å²) in [6, 6.07) is 0.542. The van der Waals surface area contributed by atoms with Gasteiger partial charge in [-0.1, -0.05) is 33.1 Å². The summed E-state index contributed by atoms with van der Waals surface area (Å²) in [5, 5.41) is 3.49. The van der Waals surface area contributed by atoms with Gasteiger partial charge in [0, 0.05) is 38.1 Å². The average Bonchev–Trinajstić information content (AvgIpc) is 2.72. The van der Waals surface area contributed by atoms with E-state index >= 15 is 0 Å². The van der Waals surface area contributed by atoms with Gasteiger partial charge >= 0.3 is 5.69 Å². The summed E-state index contributed by atoms with van der Waals surface area (Å²) in [5.74, 6) is 0. The Morgan fingerprint density at radius 2 is 1.79 bits per heavy atom. The molecule has 0 saturated heterocycles. The molecule has 110 valence electrons. The van der Waals surface area contributed by atoms with Crippen molar-refractivity contribution in [1.82, 2.24) is 14.5 Å². The topological polar surface area (TPSA) is 39.0 Å². The summed E-state index contributed by atoms with van der Waals surface area (Å²) in [7, 11) is 0. The van der Waals surface area contributed by atoms with Crippen LogP contribution in [0, 0.1) is 0 Å². The number of rotatable bonds is 10. The summed E-state index contributed by atoms with van der Waals surface area (Å²) in [6.45, 7) is 8.97. The van der Waals surface area contributed by atoms with E-state index in [1.54, 1.807) is 9.13 Å². The van der Waals surface area contributed by atoms with Gasteiger partial charge in [0.05, 0.1) is 0 Å². The molecule has 1 atom stereocenters. The monoisotopic (exact) mass is 267 g/mol. The SMILES string of the molecule is CCCCCC(C)NCCn1ccn(CCC)c1=O.